The van der Waals surface area contributed by atoms with Gasteiger partial charge in [-0.2, -0.15) is 0 Å². The van der Waals surface area contributed by atoms with Crippen molar-refractivity contribution in [3.63, 3.8) is 0 Å². The van der Waals surface area contributed by atoms with Crippen molar-refractivity contribution in [1.29, 1.82) is 0 Å². The number of rotatable bonds is 4. The van der Waals surface area contributed by atoms with Gasteiger partial charge < -0.3 is 10.5 Å². The van der Waals surface area contributed by atoms with E-state index in [9.17, 15) is 12.8 Å². The highest BCUT2D eigenvalue weighted by atomic mass is 32.2. The second-order valence-corrected chi connectivity index (χ2v) is 6.78. The Morgan fingerprint density at radius 2 is 1.90 bits per heavy atom. The quantitative estimate of drug-likeness (QED) is 0.882. The maximum atomic E-state index is 13.3. The van der Waals surface area contributed by atoms with Crippen molar-refractivity contribution in [1.82, 2.24) is 0 Å². The Bertz CT molecular complexity index is 752. The van der Waals surface area contributed by atoms with Gasteiger partial charge in [-0.15, -0.1) is 0 Å². The number of hydrogen-bond acceptors (Lipinski definition) is 4. The van der Waals surface area contributed by atoms with Crippen LogP contribution in [0, 0.1) is 12.7 Å². The molecular formula is C15H16FNO3S. The molecule has 0 unspecified atom stereocenters. The average Bonchev–Trinajstić information content (AvgIpc) is 2.37. The number of aryl methyl sites for hydroxylation is 1. The van der Waals surface area contributed by atoms with Crippen molar-refractivity contribution in [2.24, 2.45) is 0 Å². The molecule has 2 N–H and O–H groups in total. The highest BCUT2D eigenvalue weighted by Crippen LogP contribution is 2.26. The maximum Gasteiger partial charge on any atom is 0.182 e. The molecule has 0 heterocycles. The molecule has 6 heteroatoms. The number of nitrogen functional groups attached to an aromatic ring is 1. The van der Waals surface area contributed by atoms with Crippen molar-refractivity contribution in [2.75, 3.05) is 12.8 Å². The summed E-state index contributed by atoms with van der Waals surface area (Å²) in [6.07, 6.45) is 0. The fourth-order valence-corrected chi connectivity index (χ4v) is 3.48. The summed E-state index contributed by atoms with van der Waals surface area (Å²) in [4.78, 5) is -0.136. The molecule has 2 aromatic carbocycles. The smallest absolute Gasteiger partial charge is 0.182 e. The van der Waals surface area contributed by atoms with E-state index in [-0.39, 0.29) is 16.3 Å². The van der Waals surface area contributed by atoms with Crippen molar-refractivity contribution >= 4 is 15.5 Å². The van der Waals surface area contributed by atoms with Crippen molar-refractivity contribution < 1.29 is 17.5 Å². The van der Waals surface area contributed by atoms with Crippen molar-refractivity contribution in [2.45, 2.75) is 17.6 Å². The van der Waals surface area contributed by atoms with Crippen LogP contribution in [-0.2, 0) is 15.6 Å². The third-order valence-electron chi connectivity index (χ3n) is 3.03. The van der Waals surface area contributed by atoms with Crippen molar-refractivity contribution in [3.8, 4) is 5.75 Å². The van der Waals surface area contributed by atoms with E-state index < -0.39 is 15.7 Å². The molecule has 0 atom stereocenters. The van der Waals surface area contributed by atoms with Crippen LogP contribution in [0.2, 0.25) is 0 Å². The highest BCUT2D eigenvalue weighted by Gasteiger charge is 2.19. The molecule has 0 fully saturated rings. The van der Waals surface area contributed by atoms with Gasteiger partial charge in [0.25, 0.3) is 0 Å². The third-order valence-corrected chi connectivity index (χ3v) is 4.68. The SMILES string of the molecule is COc1ccc(C)cc1CS(=O)(=O)c1cc(N)cc(F)c1. The zero-order chi connectivity index (χ0) is 15.6. The summed E-state index contributed by atoms with van der Waals surface area (Å²) >= 11 is 0. The molecule has 0 saturated carbocycles. The lowest BCUT2D eigenvalue weighted by Crippen LogP contribution is -2.07. The molecular weight excluding hydrogens is 293 g/mol. The van der Waals surface area contributed by atoms with Crippen LogP contribution >= 0.6 is 0 Å². The van der Waals surface area contributed by atoms with Crippen LogP contribution in [0.1, 0.15) is 11.1 Å². The maximum absolute atomic E-state index is 13.3. The fraction of sp³-hybridized carbons (Fsp3) is 0.200. The number of hydrogen-bond donors (Lipinski definition) is 1. The minimum absolute atomic E-state index is 0.0739. The van der Waals surface area contributed by atoms with E-state index in [1.54, 1.807) is 12.1 Å². The van der Waals surface area contributed by atoms with Gasteiger partial charge in [-0.3, -0.25) is 0 Å². The Morgan fingerprint density at radius 3 is 2.52 bits per heavy atom. The Hall–Kier alpha value is -2.08. The first-order chi connectivity index (χ1) is 9.81. The summed E-state index contributed by atoms with van der Waals surface area (Å²) < 4.78 is 43.3. The minimum atomic E-state index is -3.71. The summed E-state index contributed by atoms with van der Waals surface area (Å²) in [6.45, 7) is 1.86. The molecule has 0 aliphatic carbocycles. The van der Waals surface area contributed by atoms with Gasteiger partial charge in [0.15, 0.2) is 9.84 Å². The van der Waals surface area contributed by atoms with Crippen LogP contribution in [0.4, 0.5) is 10.1 Å². The van der Waals surface area contributed by atoms with Gasteiger partial charge in [-0.05, 0) is 31.2 Å². The van der Waals surface area contributed by atoms with Crippen molar-refractivity contribution in [3.05, 3.63) is 53.3 Å². The molecule has 0 radical (unpaired) electrons. The first kappa shape index (κ1) is 15.3. The fourth-order valence-electron chi connectivity index (χ4n) is 2.07. The lowest BCUT2D eigenvalue weighted by Gasteiger charge is -2.11. The molecule has 0 spiro atoms. The Kier molecular flexibility index (Phi) is 4.18. The van der Waals surface area contributed by atoms with Gasteiger partial charge in [0.2, 0.25) is 0 Å². The Balaban J connectivity index is 2.44. The van der Waals surface area contributed by atoms with Gasteiger partial charge >= 0.3 is 0 Å². The Labute approximate surface area is 123 Å². The average molecular weight is 309 g/mol. The molecule has 0 aliphatic heterocycles. The van der Waals surface area contributed by atoms with Gasteiger partial charge in [-0.25, -0.2) is 12.8 Å². The number of methoxy groups -OCH3 is 1. The summed E-state index contributed by atoms with van der Waals surface area (Å²) in [6, 6.07) is 8.56. The molecule has 0 saturated heterocycles. The van der Waals surface area contributed by atoms with E-state index in [2.05, 4.69) is 0 Å². The van der Waals surface area contributed by atoms with Crippen LogP contribution in [-0.4, -0.2) is 15.5 Å². The summed E-state index contributed by atoms with van der Waals surface area (Å²) in [5.41, 5.74) is 7.02. The van der Waals surface area contributed by atoms with E-state index in [0.717, 1.165) is 17.7 Å². The van der Waals surface area contributed by atoms with E-state index in [0.29, 0.717) is 11.3 Å². The number of ether oxygens (including phenoxy) is 1. The molecule has 0 aliphatic rings. The number of benzene rings is 2. The zero-order valence-corrected chi connectivity index (χ0v) is 12.6. The molecule has 2 aromatic rings. The first-order valence-electron chi connectivity index (χ1n) is 6.24. The number of halogens is 1. The zero-order valence-electron chi connectivity index (χ0n) is 11.8. The highest BCUT2D eigenvalue weighted by molar-refractivity contribution is 7.90. The lowest BCUT2D eigenvalue weighted by atomic mass is 10.1. The van der Waals surface area contributed by atoms with Crippen LogP contribution in [0.25, 0.3) is 0 Å². The number of anilines is 1. The van der Waals surface area contributed by atoms with Crippen LogP contribution < -0.4 is 10.5 Å². The molecule has 112 valence electrons. The predicted molar refractivity (Wildman–Crippen MR) is 79.4 cm³/mol. The number of nitrogens with two attached hydrogens (primary N) is 1. The van der Waals surface area contributed by atoms with Crippen LogP contribution in [0.3, 0.4) is 0 Å². The predicted octanol–water partition coefficient (Wildman–Crippen LogP) is 2.70. The van der Waals surface area contributed by atoms with E-state index in [1.165, 1.54) is 13.2 Å². The molecule has 4 nitrogen and oxygen atoms in total. The van der Waals surface area contributed by atoms with Gasteiger partial charge in [0.05, 0.1) is 17.8 Å². The van der Waals surface area contributed by atoms with E-state index in [4.69, 9.17) is 10.5 Å². The summed E-state index contributed by atoms with van der Waals surface area (Å²) in [5, 5.41) is 0. The Morgan fingerprint density at radius 1 is 1.19 bits per heavy atom. The van der Waals surface area contributed by atoms with E-state index in [1.807, 2.05) is 13.0 Å². The molecule has 21 heavy (non-hydrogen) atoms. The second-order valence-electron chi connectivity index (χ2n) is 4.79. The standard InChI is InChI=1S/C15H16FNO3S/c1-10-3-4-15(20-2)11(5-10)9-21(18,19)14-7-12(16)6-13(17)8-14/h3-8H,9,17H2,1-2H3. The van der Waals surface area contributed by atoms with E-state index >= 15 is 0 Å². The normalized spacial score (nSPS) is 11.4. The van der Waals surface area contributed by atoms with Gasteiger partial charge in [0.1, 0.15) is 11.6 Å². The topological polar surface area (TPSA) is 69.4 Å². The second kappa shape index (κ2) is 5.73. The van der Waals surface area contributed by atoms with Crippen LogP contribution in [0.15, 0.2) is 41.3 Å². The molecule has 0 amide bonds. The monoisotopic (exact) mass is 309 g/mol. The lowest BCUT2D eigenvalue weighted by molar-refractivity contribution is 0.411. The molecule has 0 aromatic heterocycles. The third kappa shape index (κ3) is 3.52. The molecule has 0 bridgehead atoms. The minimum Gasteiger partial charge on any atom is -0.496 e. The first-order valence-corrected chi connectivity index (χ1v) is 7.89. The van der Waals surface area contributed by atoms with Crippen LogP contribution in [0.5, 0.6) is 5.75 Å². The molecule has 2 rings (SSSR count). The van der Waals surface area contributed by atoms with Gasteiger partial charge in [0, 0.05) is 11.3 Å². The summed E-state index contributed by atoms with van der Waals surface area (Å²) in [7, 11) is -2.23. The largest absolute Gasteiger partial charge is 0.496 e. The van der Waals surface area contributed by atoms with Gasteiger partial charge in [-0.1, -0.05) is 17.7 Å². The number of sulfone groups is 1. The summed E-state index contributed by atoms with van der Waals surface area (Å²) in [5.74, 6) is -0.473.